The summed E-state index contributed by atoms with van der Waals surface area (Å²) >= 11 is 0. The number of allylic oxidation sites excluding steroid dienone is 3. The Kier molecular flexibility index (Phi) is 5.75. The molecule has 1 aromatic carbocycles. The van der Waals surface area contributed by atoms with Gasteiger partial charge < -0.3 is 10.4 Å². The number of phenolic OH excluding ortho intramolecular Hbond substituents is 1. The molecule has 0 saturated carbocycles. The van der Waals surface area contributed by atoms with Crippen molar-refractivity contribution in [3.05, 3.63) is 53.1 Å². The van der Waals surface area contributed by atoms with Gasteiger partial charge in [0.1, 0.15) is 5.82 Å². The van der Waals surface area contributed by atoms with Crippen LogP contribution in [0.4, 0.5) is 8.78 Å². The lowest BCUT2D eigenvalue weighted by Crippen LogP contribution is -2.17. The zero-order valence-electron chi connectivity index (χ0n) is 12.2. The fraction of sp³-hybridized carbons (Fsp3) is 0.412. The molecule has 1 aliphatic heterocycles. The summed E-state index contributed by atoms with van der Waals surface area (Å²) in [4.78, 5) is 0. The van der Waals surface area contributed by atoms with Crippen LogP contribution < -0.4 is 5.32 Å². The van der Waals surface area contributed by atoms with Gasteiger partial charge in [0.15, 0.2) is 11.6 Å². The summed E-state index contributed by atoms with van der Waals surface area (Å²) in [5.41, 5.74) is 1.65. The molecule has 1 heterocycles. The molecule has 2 atom stereocenters. The smallest absolute Gasteiger partial charge is 0.168 e. The lowest BCUT2D eigenvalue weighted by Gasteiger charge is -2.22. The Balaban J connectivity index is 0.00000176. The van der Waals surface area contributed by atoms with Gasteiger partial charge in [-0.25, -0.2) is 8.78 Å². The number of phenols is 1. The highest BCUT2D eigenvalue weighted by Crippen LogP contribution is 2.33. The molecule has 0 spiro atoms. The van der Waals surface area contributed by atoms with Crippen LogP contribution in [0.3, 0.4) is 0 Å². The van der Waals surface area contributed by atoms with Gasteiger partial charge in [-0.05, 0) is 43.4 Å². The van der Waals surface area contributed by atoms with Crippen LogP contribution >= 0.6 is 17.0 Å². The Bertz CT molecular complexity index is 601. The normalized spacial score (nSPS) is 24.0. The number of aromatic hydroxyl groups is 1. The molecule has 0 bridgehead atoms. The molecule has 3 rings (SSSR count). The Morgan fingerprint density at radius 2 is 2.00 bits per heavy atom. The Morgan fingerprint density at radius 1 is 1.18 bits per heavy atom. The van der Waals surface area contributed by atoms with Gasteiger partial charge in [0.25, 0.3) is 0 Å². The maximum atomic E-state index is 13.4. The number of hydrogen-bond acceptors (Lipinski definition) is 2. The third kappa shape index (κ3) is 3.58. The molecule has 1 aliphatic carbocycles. The van der Waals surface area contributed by atoms with E-state index >= 15 is 0 Å². The monoisotopic (exact) mass is 371 g/mol. The maximum absolute atomic E-state index is 13.4. The first-order valence-corrected chi connectivity index (χ1v) is 7.39. The molecule has 0 radical (unpaired) electrons. The van der Waals surface area contributed by atoms with Crippen molar-refractivity contribution in [1.82, 2.24) is 5.32 Å². The Hall–Kier alpha value is -1.20. The summed E-state index contributed by atoms with van der Waals surface area (Å²) in [7, 11) is 0. The summed E-state index contributed by atoms with van der Waals surface area (Å²) in [6, 6.07) is 1.95. The van der Waals surface area contributed by atoms with E-state index in [4.69, 9.17) is 0 Å². The average Bonchev–Trinajstić information content (AvgIpc) is 2.93. The third-order valence-electron chi connectivity index (χ3n) is 4.38. The number of nitrogens with one attached hydrogen (secondary N) is 1. The SMILES string of the molecule is Br.Oc1c(F)cc(F)cc1C[C@@H]1CNC[C@H]1C1=CCCC=C1. The van der Waals surface area contributed by atoms with Crippen molar-refractivity contribution in [1.29, 1.82) is 0 Å². The average molecular weight is 372 g/mol. The molecule has 2 nitrogen and oxygen atoms in total. The summed E-state index contributed by atoms with van der Waals surface area (Å²) < 4.78 is 26.8. The summed E-state index contributed by atoms with van der Waals surface area (Å²) in [5, 5.41) is 13.1. The summed E-state index contributed by atoms with van der Waals surface area (Å²) in [5.74, 6) is -1.36. The minimum Gasteiger partial charge on any atom is -0.505 e. The molecule has 1 saturated heterocycles. The lowest BCUT2D eigenvalue weighted by atomic mass is 9.82. The molecule has 120 valence electrons. The number of rotatable bonds is 3. The van der Waals surface area contributed by atoms with Crippen LogP contribution in [0.1, 0.15) is 18.4 Å². The van der Waals surface area contributed by atoms with E-state index in [-0.39, 0.29) is 22.9 Å². The summed E-state index contributed by atoms with van der Waals surface area (Å²) in [6.45, 7) is 1.67. The molecular weight excluding hydrogens is 352 g/mol. The molecule has 1 fully saturated rings. The molecule has 22 heavy (non-hydrogen) atoms. The van der Waals surface area contributed by atoms with Crippen molar-refractivity contribution >= 4 is 17.0 Å². The number of benzene rings is 1. The van der Waals surface area contributed by atoms with Crippen molar-refractivity contribution in [2.75, 3.05) is 13.1 Å². The molecule has 2 N–H and O–H groups in total. The van der Waals surface area contributed by atoms with Gasteiger partial charge in [-0.1, -0.05) is 18.2 Å². The van der Waals surface area contributed by atoms with Gasteiger partial charge in [0.2, 0.25) is 0 Å². The van der Waals surface area contributed by atoms with Crippen molar-refractivity contribution in [2.24, 2.45) is 11.8 Å². The van der Waals surface area contributed by atoms with Crippen molar-refractivity contribution in [3.8, 4) is 5.75 Å². The quantitative estimate of drug-likeness (QED) is 0.844. The standard InChI is InChI=1S/C17H19F2NO.BrH/c18-14-7-12(17(21)16(19)8-14)6-13-9-20-10-15(13)11-4-2-1-3-5-11;/h2,4-5,7-8,13,15,20-21H,1,3,6,9-10H2;1H/t13-,15+;/m1./s1. The molecule has 0 unspecified atom stereocenters. The van der Waals surface area contributed by atoms with Crippen LogP contribution in [-0.4, -0.2) is 18.2 Å². The van der Waals surface area contributed by atoms with E-state index in [1.54, 1.807) is 0 Å². The predicted molar refractivity (Wildman–Crippen MR) is 88.4 cm³/mol. The zero-order chi connectivity index (χ0) is 14.8. The lowest BCUT2D eigenvalue weighted by molar-refractivity contribution is 0.406. The van der Waals surface area contributed by atoms with Crippen molar-refractivity contribution in [2.45, 2.75) is 19.3 Å². The van der Waals surface area contributed by atoms with Crippen LogP contribution in [0.2, 0.25) is 0 Å². The fourth-order valence-electron chi connectivity index (χ4n) is 3.30. The highest BCUT2D eigenvalue weighted by atomic mass is 79.9. The first-order chi connectivity index (χ1) is 10.1. The van der Waals surface area contributed by atoms with E-state index in [1.807, 2.05) is 0 Å². The second-order valence-corrected chi connectivity index (χ2v) is 5.81. The third-order valence-corrected chi connectivity index (χ3v) is 4.38. The van der Waals surface area contributed by atoms with Gasteiger partial charge in [-0.3, -0.25) is 0 Å². The Morgan fingerprint density at radius 3 is 2.73 bits per heavy atom. The van der Waals surface area contributed by atoms with Crippen LogP contribution in [0.5, 0.6) is 5.75 Å². The fourth-order valence-corrected chi connectivity index (χ4v) is 3.30. The minimum absolute atomic E-state index is 0. The number of hydrogen-bond donors (Lipinski definition) is 2. The zero-order valence-corrected chi connectivity index (χ0v) is 13.9. The predicted octanol–water partition coefficient (Wildman–Crippen LogP) is 3.90. The van der Waals surface area contributed by atoms with E-state index in [1.165, 1.54) is 11.6 Å². The second-order valence-electron chi connectivity index (χ2n) is 5.81. The van der Waals surface area contributed by atoms with E-state index < -0.39 is 17.4 Å². The van der Waals surface area contributed by atoms with E-state index in [9.17, 15) is 13.9 Å². The van der Waals surface area contributed by atoms with Gasteiger partial charge in [-0.2, -0.15) is 0 Å². The van der Waals surface area contributed by atoms with Gasteiger partial charge in [0, 0.05) is 24.1 Å². The molecular formula is C17H20BrF2NO. The number of halogens is 3. The Labute approximate surface area is 139 Å². The first kappa shape index (κ1) is 17.2. The second kappa shape index (κ2) is 7.38. The van der Waals surface area contributed by atoms with Gasteiger partial charge in [0.05, 0.1) is 0 Å². The molecule has 0 amide bonds. The topological polar surface area (TPSA) is 32.3 Å². The molecule has 5 heteroatoms. The van der Waals surface area contributed by atoms with Crippen LogP contribution in [-0.2, 0) is 6.42 Å². The van der Waals surface area contributed by atoms with Crippen molar-refractivity contribution < 1.29 is 13.9 Å². The highest BCUT2D eigenvalue weighted by molar-refractivity contribution is 8.93. The highest BCUT2D eigenvalue weighted by Gasteiger charge is 2.30. The van der Waals surface area contributed by atoms with Crippen LogP contribution in [0.25, 0.3) is 0 Å². The molecule has 2 aliphatic rings. The summed E-state index contributed by atoms with van der Waals surface area (Å²) in [6.07, 6.45) is 9.17. The van der Waals surface area contributed by atoms with Crippen molar-refractivity contribution in [3.63, 3.8) is 0 Å². The largest absolute Gasteiger partial charge is 0.505 e. The van der Waals surface area contributed by atoms with Gasteiger partial charge in [-0.15, -0.1) is 17.0 Å². The minimum atomic E-state index is -0.885. The van der Waals surface area contributed by atoms with E-state index in [0.717, 1.165) is 32.0 Å². The van der Waals surface area contributed by atoms with Gasteiger partial charge >= 0.3 is 0 Å². The van der Waals surface area contributed by atoms with Crippen LogP contribution in [0.15, 0.2) is 35.9 Å². The molecule has 0 aromatic heterocycles. The first-order valence-electron chi connectivity index (χ1n) is 7.39. The van der Waals surface area contributed by atoms with Crippen LogP contribution in [0, 0.1) is 23.5 Å². The molecule has 1 aromatic rings. The maximum Gasteiger partial charge on any atom is 0.168 e. The van der Waals surface area contributed by atoms with E-state index in [0.29, 0.717) is 17.9 Å². The van der Waals surface area contributed by atoms with E-state index in [2.05, 4.69) is 23.5 Å².